The molecule has 0 aliphatic rings. The molecule has 0 saturated heterocycles. The van der Waals surface area contributed by atoms with Crippen LogP contribution in [0.1, 0.15) is 11.1 Å². The van der Waals surface area contributed by atoms with Crippen molar-refractivity contribution >= 4 is 97.5 Å². The number of ether oxygens (including phenoxy) is 1. The van der Waals surface area contributed by atoms with Crippen molar-refractivity contribution in [2.45, 2.75) is 6.61 Å². The fraction of sp³-hybridized carbons (Fsp3) is 0.0333. The summed E-state index contributed by atoms with van der Waals surface area (Å²) < 4.78 is 15.9. The van der Waals surface area contributed by atoms with Crippen LogP contribution in [0, 0.1) is 10.1 Å². The van der Waals surface area contributed by atoms with Gasteiger partial charge in [0.15, 0.2) is 5.76 Å². The average molecular weight is 832 g/mol. The fourth-order valence-electron chi connectivity index (χ4n) is 4.38. The number of rotatable bonds is 7. The van der Waals surface area contributed by atoms with E-state index in [4.69, 9.17) is 9.15 Å². The van der Waals surface area contributed by atoms with Crippen LogP contribution in [-0.2, 0) is 6.61 Å². The van der Waals surface area contributed by atoms with Gasteiger partial charge >= 0.3 is 5.69 Å². The minimum atomic E-state index is -0.532. The zero-order valence-electron chi connectivity index (χ0n) is 21.6. The highest BCUT2D eigenvalue weighted by atomic mass is 79.9. The average Bonchev–Trinajstić information content (AvgIpc) is 3.39. The summed E-state index contributed by atoms with van der Waals surface area (Å²) in [6, 6.07) is 22.8. The van der Waals surface area contributed by atoms with E-state index in [1.54, 1.807) is 36.4 Å². The number of fused-ring (bicyclic) bond motifs is 2. The van der Waals surface area contributed by atoms with E-state index in [9.17, 15) is 14.9 Å². The maximum Gasteiger partial charge on any atom is 0.312 e. The molecular weight excluding hydrogens is 816 g/mol. The van der Waals surface area contributed by atoms with Gasteiger partial charge in [0.2, 0.25) is 11.6 Å². The van der Waals surface area contributed by atoms with E-state index in [2.05, 4.69) is 73.8 Å². The van der Waals surface area contributed by atoms with Crippen LogP contribution in [0.15, 0.2) is 111 Å². The molecule has 2 heterocycles. The van der Waals surface area contributed by atoms with Crippen molar-refractivity contribution in [3.8, 4) is 17.3 Å². The molecule has 13 heteroatoms. The summed E-state index contributed by atoms with van der Waals surface area (Å²) >= 11 is 13.8. The van der Waals surface area contributed by atoms with E-state index >= 15 is 0 Å². The van der Waals surface area contributed by atoms with Crippen LogP contribution >= 0.6 is 63.7 Å². The summed E-state index contributed by atoms with van der Waals surface area (Å²) in [5, 5.41) is 17.6. The van der Waals surface area contributed by atoms with E-state index in [1.807, 2.05) is 36.4 Å². The zero-order valence-corrected chi connectivity index (χ0v) is 28.0. The van der Waals surface area contributed by atoms with Gasteiger partial charge in [0.1, 0.15) is 12.2 Å². The Morgan fingerprint density at radius 2 is 1.72 bits per heavy atom. The van der Waals surface area contributed by atoms with Crippen LogP contribution in [0.4, 0.5) is 5.69 Å². The Bertz CT molecular complexity index is 2160. The lowest BCUT2D eigenvalue weighted by molar-refractivity contribution is -0.386. The summed E-state index contributed by atoms with van der Waals surface area (Å²) in [6.45, 7) is 0.0936. The second-order valence-corrected chi connectivity index (χ2v) is 12.8. The molecule has 6 rings (SSSR count). The SMILES string of the molecule is O=c1c2ccccc2nc(-c2cc3cc(Br)ccc3o2)n1N=Cc1cc(Br)c(OCc2ccc(Br)cc2Br)c([N+](=O)[O-])c1. The smallest absolute Gasteiger partial charge is 0.312 e. The third-order valence-corrected chi connectivity index (χ3v) is 8.72. The lowest BCUT2D eigenvalue weighted by Crippen LogP contribution is -2.20. The molecule has 43 heavy (non-hydrogen) atoms. The predicted molar refractivity (Wildman–Crippen MR) is 179 cm³/mol. The second kappa shape index (κ2) is 12.2. The minimum absolute atomic E-state index is 0.0654. The third-order valence-electron chi connectivity index (χ3n) is 6.40. The molecule has 214 valence electrons. The van der Waals surface area contributed by atoms with Crippen LogP contribution in [0.25, 0.3) is 33.5 Å². The molecule has 0 amide bonds. The van der Waals surface area contributed by atoms with Crippen LogP contribution < -0.4 is 10.3 Å². The van der Waals surface area contributed by atoms with Gasteiger partial charge < -0.3 is 9.15 Å². The lowest BCUT2D eigenvalue weighted by atomic mass is 10.2. The highest BCUT2D eigenvalue weighted by molar-refractivity contribution is 9.11. The van der Waals surface area contributed by atoms with Crippen LogP contribution in [-0.4, -0.2) is 20.8 Å². The van der Waals surface area contributed by atoms with Crippen molar-refractivity contribution in [3.63, 3.8) is 0 Å². The normalized spacial score (nSPS) is 11.5. The van der Waals surface area contributed by atoms with E-state index < -0.39 is 10.5 Å². The highest BCUT2D eigenvalue weighted by Crippen LogP contribution is 2.37. The number of halogens is 4. The van der Waals surface area contributed by atoms with Crippen molar-refractivity contribution < 1.29 is 14.1 Å². The molecular formula is C30H16Br4N4O5. The van der Waals surface area contributed by atoms with E-state index in [0.29, 0.717) is 32.3 Å². The first-order chi connectivity index (χ1) is 20.7. The van der Waals surface area contributed by atoms with Crippen molar-refractivity contribution in [3.05, 3.63) is 128 Å². The number of hydrogen-bond acceptors (Lipinski definition) is 7. The van der Waals surface area contributed by atoms with Crippen molar-refractivity contribution in [1.29, 1.82) is 0 Å². The molecule has 0 unspecified atom stereocenters. The van der Waals surface area contributed by atoms with Gasteiger partial charge in [-0.3, -0.25) is 14.9 Å². The van der Waals surface area contributed by atoms with Crippen molar-refractivity contribution in [1.82, 2.24) is 9.66 Å². The molecule has 4 aromatic carbocycles. The number of nitro benzene ring substituents is 1. The number of furan rings is 1. The molecule has 0 aliphatic heterocycles. The summed E-state index contributed by atoms with van der Waals surface area (Å²) in [5.41, 5.74) is 1.57. The van der Waals surface area contributed by atoms with Crippen molar-refractivity contribution in [2.24, 2.45) is 5.10 Å². The monoisotopic (exact) mass is 828 g/mol. The molecule has 0 bridgehead atoms. The molecule has 0 N–H and O–H groups in total. The minimum Gasteiger partial charge on any atom is -0.481 e. The highest BCUT2D eigenvalue weighted by Gasteiger charge is 2.21. The summed E-state index contributed by atoms with van der Waals surface area (Å²) in [6.07, 6.45) is 1.35. The fourth-order valence-corrected chi connectivity index (χ4v) is 6.50. The molecule has 2 aromatic heterocycles. The molecule has 6 aromatic rings. The molecule has 0 spiro atoms. The van der Waals surface area contributed by atoms with Crippen LogP contribution in [0.3, 0.4) is 0 Å². The quantitative estimate of drug-likeness (QED) is 0.0901. The molecule has 0 atom stereocenters. The van der Waals surface area contributed by atoms with Gasteiger partial charge in [-0.05, 0) is 70.5 Å². The summed E-state index contributed by atoms with van der Waals surface area (Å²) in [5.74, 6) is 0.583. The molecule has 9 nitrogen and oxygen atoms in total. The van der Waals surface area contributed by atoms with Crippen molar-refractivity contribution in [2.75, 3.05) is 0 Å². The number of hydrogen-bond donors (Lipinski definition) is 0. The number of nitro groups is 1. The number of aromatic nitrogens is 2. The first-order valence-corrected chi connectivity index (χ1v) is 15.7. The Balaban J connectivity index is 1.41. The van der Waals surface area contributed by atoms with Gasteiger partial charge in [-0.1, -0.05) is 66.0 Å². The maximum absolute atomic E-state index is 13.6. The third kappa shape index (κ3) is 6.07. The summed E-state index contributed by atoms with van der Waals surface area (Å²) in [4.78, 5) is 29.8. The Hall–Kier alpha value is -3.65. The first kappa shape index (κ1) is 29.4. The Labute approximate surface area is 276 Å². The first-order valence-electron chi connectivity index (χ1n) is 12.5. The van der Waals surface area contributed by atoms with E-state index in [-0.39, 0.29) is 23.9 Å². The standard InChI is InChI=1S/C30H16Br4N4O5/c31-19-7-8-26-18(11-19)12-27(43-26)29-36-24-4-2-1-3-21(24)30(39)37(29)35-14-16-9-23(34)28(25(10-16)38(40)41)42-15-17-5-6-20(32)13-22(17)33/h1-14H,15H2. The maximum atomic E-state index is 13.6. The lowest BCUT2D eigenvalue weighted by Gasteiger charge is -2.11. The molecule has 0 radical (unpaired) electrons. The van der Waals surface area contributed by atoms with Gasteiger partial charge in [-0.25, -0.2) is 4.98 Å². The Kier molecular flexibility index (Phi) is 8.32. The number of benzene rings is 4. The topological polar surface area (TPSA) is 113 Å². The van der Waals surface area contributed by atoms with E-state index in [0.717, 1.165) is 29.0 Å². The number of nitrogens with zero attached hydrogens (tertiary/aromatic N) is 4. The largest absolute Gasteiger partial charge is 0.481 e. The Morgan fingerprint density at radius 3 is 2.51 bits per heavy atom. The van der Waals surface area contributed by atoms with Gasteiger partial charge in [-0.15, -0.1) is 0 Å². The van der Waals surface area contributed by atoms with Crippen LogP contribution in [0.2, 0.25) is 0 Å². The zero-order chi connectivity index (χ0) is 30.2. The van der Waals surface area contributed by atoms with Gasteiger partial charge in [-0.2, -0.15) is 9.78 Å². The molecule has 0 fully saturated rings. The second-order valence-electron chi connectivity index (χ2n) is 9.24. The summed E-state index contributed by atoms with van der Waals surface area (Å²) in [7, 11) is 0. The Morgan fingerprint density at radius 1 is 0.953 bits per heavy atom. The van der Waals surface area contributed by atoms with Gasteiger partial charge in [0.25, 0.3) is 5.56 Å². The molecule has 0 saturated carbocycles. The van der Waals surface area contributed by atoms with Crippen LogP contribution in [0.5, 0.6) is 5.75 Å². The number of para-hydroxylation sites is 1. The van der Waals surface area contributed by atoms with Gasteiger partial charge in [0.05, 0.1) is 26.5 Å². The predicted octanol–water partition coefficient (Wildman–Crippen LogP) is 9.23. The molecule has 0 aliphatic carbocycles. The van der Waals surface area contributed by atoms with Gasteiger partial charge in [0, 0.05) is 36.0 Å². The van der Waals surface area contributed by atoms with E-state index in [1.165, 1.54) is 12.3 Å².